The molecule has 7 heteroatoms. The van der Waals surface area contributed by atoms with Crippen LogP contribution in [-0.2, 0) is 9.59 Å². The van der Waals surface area contributed by atoms with E-state index in [4.69, 9.17) is 33.0 Å². The number of benzene rings is 1. The van der Waals surface area contributed by atoms with Crippen molar-refractivity contribution in [3.05, 3.63) is 28.2 Å². The van der Waals surface area contributed by atoms with Crippen LogP contribution in [0.2, 0.25) is 10.0 Å². The normalized spacial score (nSPS) is 11.8. The van der Waals surface area contributed by atoms with Crippen LogP contribution in [0, 0.1) is 0 Å². The van der Waals surface area contributed by atoms with E-state index in [0.29, 0.717) is 22.2 Å². The van der Waals surface area contributed by atoms with Gasteiger partial charge < -0.3 is 15.2 Å². The van der Waals surface area contributed by atoms with Crippen LogP contribution >= 0.6 is 23.2 Å². The van der Waals surface area contributed by atoms with E-state index in [1.54, 1.807) is 25.1 Å². The average Bonchev–Trinajstić information content (AvgIpc) is 2.39. The predicted molar refractivity (Wildman–Crippen MR) is 76.4 cm³/mol. The molecular formula is C13H15Cl2NO4. The van der Waals surface area contributed by atoms with Crippen LogP contribution in [0.4, 0.5) is 0 Å². The number of aliphatic carboxylic acids is 1. The molecule has 5 nitrogen and oxygen atoms in total. The number of nitrogens with one attached hydrogen (secondary N) is 1. The Labute approximate surface area is 126 Å². The maximum absolute atomic E-state index is 11.5. The third-order valence-corrected chi connectivity index (χ3v) is 3.27. The minimum absolute atomic E-state index is 0.0595. The van der Waals surface area contributed by atoms with Gasteiger partial charge in [0, 0.05) is 6.07 Å². The first-order chi connectivity index (χ1) is 9.43. The number of rotatable bonds is 7. The highest BCUT2D eigenvalue weighted by atomic mass is 35.5. The van der Waals surface area contributed by atoms with Crippen molar-refractivity contribution in [1.29, 1.82) is 0 Å². The molecule has 1 rings (SSSR count). The minimum atomic E-state index is -1.05. The van der Waals surface area contributed by atoms with Gasteiger partial charge in [0.1, 0.15) is 11.8 Å². The maximum atomic E-state index is 11.5. The van der Waals surface area contributed by atoms with E-state index in [9.17, 15) is 9.59 Å². The number of carboxylic acids is 1. The molecule has 0 spiro atoms. The lowest BCUT2D eigenvalue weighted by atomic mass is 10.2. The van der Waals surface area contributed by atoms with Gasteiger partial charge in [-0.15, -0.1) is 0 Å². The highest BCUT2D eigenvalue weighted by Crippen LogP contribution is 2.26. The van der Waals surface area contributed by atoms with Crippen LogP contribution in [0.15, 0.2) is 18.2 Å². The number of amides is 1. The minimum Gasteiger partial charge on any atom is -0.493 e. The molecule has 2 N–H and O–H groups in total. The van der Waals surface area contributed by atoms with Crippen molar-refractivity contribution in [1.82, 2.24) is 5.32 Å². The van der Waals surface area contributed by atoms with Gasteiger partial charge >= 0.3 is 5.97 Å². The Morgan fingerprint density at radius 1 is 1.35 bits per heavy atom. The standard InChI is InChI=1S/C13H15Cl2NO4/c1-2-11(13(18)19)16-12(17)5-6-20-8-3-4-9(14)10(15)7-8/h3-4,7,11H,2,5-6H2,1H3,(H,16,17)(H,18,19). The smallest absolute Gasteiger partial charge is 0.326 e. The Morgan fingerprint density at radius 3 is 2.60 bits per heavy atom. The second-order valence-corrected chi connectivity index (χ2v) is 4.86. The van der Waals surface area contributed by atoms with Crippen molar-refractivity contribution >= 4 is 35.1 Å². The molecule has 0 heterocycles. The van der Waals surface area contributed by atoms with Crippen molar-refractivity contribution < 1.29 is 19.4 Å². The Morgan fingerprint density at radius 2 is 2.05 bits per heavy atom. The van der Waals surface area contributed by atoms with Crippen molar-refractivity contribution in [3.8, 4) is 5.75 Å². The number of hydrogen-bond acceptors (Lipinski definition) is 3. The summed E-state index contributed by atoms with van der Waals surface area (Å²) < 4.78 is 5.34. The van der Waals surface area contributed by atoms with Crippen molar-refractivity contribution in [2.45, 2.75) is 25.8 Å². The van der Waals surface area contributed by atoms with E-state index >= 15 is 0 Å². The van der Waals surface area contributed by atoms with Crippen molar-refractivity contribution in [2.24, 2.45) is 0 Å². The fourth-order valence-corrected chi connectivity index (χ4v) is 1.72. The van der Waals surface area contributed by atoms with Crippen LogP contribution in [0.25, 0.3) is 0 Å². The Balaban J connectivity index is 2.38. The molecule has 0 saturated heterocycles. The van der Waals surface area contributed by atoms with Gasteiger partial charge in [0.2, 0.25) is 5.91 Å². The third-order valence-electron chi connectivity index (χ3n) is 2.53. The largest absolute Gasteiger partial charge is 0.493 e. The predicted octanol–water partition coefficient (Wildman–Crippen LogP) is 2.74. The van der Waals surface area contributed by atoms with Gasteiger partial charge in [-0.2, -0.15) is 0 Å². The Kier molecular flexibility index (Phi) is 6.61. The zero-order valence-electron chi connectivity index (χ0n) is 10.9. The molecule has 1 aromatic rings. The topological polar surface area (TPSA) is 75.6 Å². The van der Waals surface area contributed by atoms with E-state index in [1.807, 2.05) is 0 Å². The number of carboxylic acid groups (broad SMARTS) is 1. The first-order valence-electron chi connectivity index (χ1n) is 6.04. The summed E-state index contributed by atoms with van der Waals surface area (Å²) in [5.74, 6) is -0.928. The lowest BCUT2D eigenvalue weighted by molar-refractivity contribution is -0.142. The van der Waals surface area contributed by atoms with Crippen molar-refractivity contribution in [3.63, 3.8) is 0 Å². The van der Waals surface area contributed by atoms with Gasteiger partial charge in [-0.1, -0.05) is 30.1 Å². The van der Waals surface area contributed by atoms with Crippen LogP contribution in [0.3, 0.4) is 0 Å². The first kappa shape index (κ1) is 16.6. The van der Waals surface area contributed by atoms with Gasteiger partial charge in [-0.05, 0) is 18.6 Å². The number of halogens is 2. The molecule has 1 unspecified atom stereocenters. The first-order valence-corrected chi connectivity index (χ1v) is 6.79. The molecule has 0 aliphatic carbocycles. The molecule has 0 bridgehead atoms. The fraction of sp³-hybridized carbons (Fsp3) is 0.385. The number of ether oxygens (including phenoxy) is 1. The molecule has 0 fully saturated rings. The molecule has 0 aromatic heterocycles. The Hall–Kier alpha value is -1.46. The molecule has 0 aliphatic rings. The molecule has 0 aliphatic heterocycles. The van der Waals surface area contributed by atoms with E-state index in [-0.39, 0.29) is 18.9 Å². The van der Waals surface area contributed by atoms with Crippen LogP contribution < -0.4 is 10.1 Å². The summed E-state index contributed by atoms with van der Waals surface area (Å²) in [6, 6.07) is 3.91. The van der Waals surface area contributed by atoms with E-state index in [0.717, 1.165) is 0 Å². The summed E-state index contributed by atoms with van der Waals surface area (Å²) in [6.45, 7) is 1.81. The van der Waals surface area contributed by atoms with E-state index in [2.05, 4.69) is 5.32 Å². The molecule has 20 heavy (non-hydrogen) atoms. The summed E-state index contributed by atoms with van der Waals surface area (Å²) in [4.78, 5) is 22.3. The summed E-state index contributed by atoms with van der Waals surface area (Å²) in [6.07, 6.45) is 0.388. The Bertz CT molecular complexity index is 493. The second kappa shape index (κ2) is 7.97. The summed E-state index contributed by atoms with van der Waals surface area (Å²) in [7, 11) is 0. The molecule has 1 amide bonds. The lowest BCUT2D eigenvalue weighted by Gasteiger charge is -2.12. The molecule has 110 valence electrons. The molecular weight excluding hydrogens is 305 g/mol. The quantitative estimate of drug-likeness (QED) is 0.810. The van der Waals surface area contributed by atoms with Crippen LogP contribution in [0.1, 0.15) is 19.8 Å². The average molecular weight is 320 g/mol. The summed E-state index contributed by atoms with van der Waals surface area (Å²) in [5, 5.41) is 12.0. The van der Waals surface area contributed by atoms with Gasteiger partial charge in [0.15, 0.2) is 0 Å². The SMILES string of the molecule is CCC(NC(=O)CCOc1ccc(Cl)c(Cl)c1)C(=O)O. The van der Waals surface area contributed by atoms with E-state index in [1.165, 1.54) is 0 Å². The fourth-order valence-electron chi connectivity index (χ4n) is 1.43. The van der Waals surface area contributed by atoms with E-state index < -0.39 is 12.0 Å². The highest BCUT2D eigenvalue weighted by molar-refractivity contribution is 6.42. The zero-order valence-corrected chi connectivity index (χ0v) is 12.4. The van der Waals surface area contributed by atoms with Crippen LogP contribution in [-0.4, -0.2) is 29.6 Å². The second-order valence-electron chi connectivity index (χ2n) is 4.04. The van der Waals surface area contributed by atoms with Gasteiger partial charge in [0.05, 0.1) is 23.1 Å². The number of carbonyl (C=O) groups excluding carboxylic acids is 1. The highest BCUT2D eigenvalue weighted by Gasteiger charge is 2.17. The maximum Gasteiger partial charge on any atom is 0.326 e. The molecule has 1 aromatic carbocycles. The zero-order chi connectivity index (χ0) is 15.1. The van der Waals surface area contributed by atoms with Gasteiger partial charge in [-0.3, -0.25) is 4.79 Å². The molecule has 0 saturated carbocycles. The monoisotopic (exact) mass is 319 g/mol. The van der Waals surface area contributed by atoms with Gasteiger partial charge in [0.25, 0.3) is 0 Å². The molecule has 1 atom stereocenters. The molecule has 0 radical (unpaired) electrons. The van der Waals surface area contributed by atoms with Crippen molar-refractivity contribution in [2.75, 3.05) is 6.61 Å². The summed E-state index contributed by atoms with van der Waals surface area (Å²) >= 11 is 11.6. The number of hydrogen-bond donors (Lipinski definition) is 2. The van der Waals surface area contributed by atoms with Gasteiger partial charge in [-0.25, -0.2) is 4.79 Å². The van der Waals surface area contributed by atoms with Crippen LogP contribution in [0.5, 0.6) is 5.75 Å². The lowest BCUT2D eigenvalue weighted by Crippen LogP contribution is -2.40. The third kappa shape index (κ3) is 5.27. The number of carbonyl (C=O) groups is 2. The summed E-state index contributed by atoms with van der Waals surface area (Å²) in [5.41, 5.74) is 0.